The third kappa shape index (κ3) is 1.70. The van der Waals surface area contributed by atoms with Crippen LogP contribution in [0.3, 0.4) is 0 Å². The van der Waals surface area contributed by atoms with Gasteiger partial charge in [0.2, 0.25) is 0 Å². The molecule has 4 heteroatoms. The minimum atomic E-state index is -0.231. The van der Waals surface area contributed by atoms with Crippen LogP contribution in [0.1, 0.15) is 19.3 Å². The minimum absolute atomic E-state index is 0.124. The van der Waals surface area contributed by atoms with Crippen LogP contribution in [0, 0.1) is 5.92 Å². The highest BCUT2D eigenvalue weighted by Gasteiger charge is 2.56. The number of hydrogen-bond acceptors (Lipinski definition) is 3. The fourth-order valence-electron chi connectivity index (χ4n) is 3.15. The maximum absolute atomic E-state index is 6.08. The van der Waals surface area contributed by atoms with Crippen molar-refractivity contribution in [1.82, 2.24) is 0 Å². The summed E-state index contributed by atoms with van der Waals surface area (Å²) >= 11 is 0. The molecule has 15 heavy (non-hydrogen) atoms. The average Bonchev–Trinajstić information content (AvgIpc) is 2.36. The van der Waals surface area contributed by atoms with Gasteiger partial charge in [-0.05, 0) is 19.3 Å². The van der Waals surface area contributed by atoms with Crippen LogP contribution in [-0.2, 0) is 14.2 Å². The summed E-state index contributed by atoms with van der Waals surface area (Å²) in [4.78, 5) is 0. The van der Waals surface area contributed by atoms with Crippen LogP contribution in [0.5, 0.6) is 0 Å². The van der Waals surface area contributed by atoms with E-state index in [0.717, 1.165) is 6.42 Å². The number of hydrogen-bond donors (Lipinski definition) is 0. The molecule has 0 aromatic carbocycles. The Bertz CT molecular complexity index is 242. The first-order valence-electron chi connectivity index (χ1n) is 5.66. The van der Waals surface area contributed by atoms with E-state index in [2.05, 4.69) is 14.4 Å². The van der Waals surface area contributed by atoms with Crippen molar-refractivity contribution in [2.75, 3.05) is 13.7 Å². The molecule has 1 saturated carbocycles. The molecule has 2 fully saturated rings. The van der Waals surface area contributed by atoms with E-state index in [-0.39, 0.29) is 17.7 Å². The molecule has 2 bridgehead atoms. The maximum atomic E-state index is 6.08. The molecule has 84 valence electrons. The SMILES string of the molecule is BC1OC2(COC)CCCC1C2OC=C. The van der Waals surface area contributed by atoms with Crippen LogP contribution in [0.4, 0.5) is 0 Å². The topological polar surface area (TPSA) is 27.7 Å². The fourth-order valence-corrected chi connectivity index (χ4v) is 3.15. The Morgan fingerprint density at radius 3 is 3.13 bits per heavy atom. The fraction of sp³-hybridized carbons (Fsp3) is 0.818. The minimum Gasteiger partial charge on any atom is -0.495 e. The molecule has 4 unspecified atom stereocenters. The lowest BCUT2D eigenvalue weighted by atomic mass is 9.73. The quantitative estimate of drug-likeness (QED) is 0.504. The van der Waals surface area contributed by atoms with Crippen LogP contribution in [0.2, 0.25) is 0 Å². The Kier molecular flexibility index (Phi) is 3.07. The van der Waals surface area contributed by atoms with Gasteiger partial charge < -0.3 is 14.2 Å². The van der Waals surface area contributed by atoms with Gasteiger partial charge in [0.25, 0.3) is 0 Å². The van der Waals surface area contributed by atoms with Crippen molar-refractivity contribution in [1.29, 1.82) is 0 Å². The van der Waals surface area contributed by atoms with Crippen LogP contribution < -0.4 is 0 Å². The van der Waals surface area contributed by atoms with Gasteiger partial charge >= 0.3 is 0 Å². The third-order valence-corrected chi connectivity index (χ3v) is 3.70. The van der Waals surface area contributed by atoms with Crippen molar-refractivity contribution in [3.8, 4) is 0 Å². The largest absolute Gasteiger partial charge is 0.495 e. The second kappa shape index (κ2) is 4.18. The Morgan fingerprint density at radius 1 is 1.67 bits per heavy atom. The van der Waals surface area contributed by atoms with Crippen molar-refractivity contribution < 1.29 is 14.2 Å². The lowest BCUT2D eigenvalue weighted by Crippen LogP contribution is -2.48. The third-order valence-electron chi connectivity index (χ3n) is 3.70. The van der Waals surface area contributed by atoms with E-state index < -0.39 is 0 Å². The number of fused-ring (bicyclic) bond motifs is 2. The summed E-state index contributed by atoms with van der Waals surface area (Å²) in [5.41, 5.74) is -0.231. The molecule has 2 aliphatic rings. The van der Waals surface area contributed by atoms with Crippen LogP contribution in [0.15, 0.2) is 12.8 Å². The van der Waals surface area contributed by atoms with E-state index in [1.54, 1.807) is 7.11 Å². The summed E-state index contributed by atoms with van der Waals surface area (Å²) in [6.45, 7) is 4.27. The first-order chi connectivity index (χ1) is 7.23. The Morgan fingerprint density at radius 2 is 2.47 bits per heavy atom. The highest BCUT2D eigenvalue weighted by atomic mass is 16.6. The number of methoxy groups -OCH3 is 1. The second-order valence-corrected chi connectivity index (χ2v) is 4.60. The summed E-state index contributed by atoms with van der Waals surface area (Å²) < 4.78 is 17.0. The zero-order chi connectivity index (χ0) is 10.9. The first-order valence-corrected chi connectivity index (χ1v) is 5.66. The standard InChI is InChI=1S/C11H19BO3/c1-3-14-9-8-5-4-6-11(9,7-13-2)15-10(8)12/h3,8-10H,1,4-7,12H2,2H3. The molecule has 4 atom stereocenters. The molecule has 1 aliphatic carbocycles. The van der Waals surface area contributed by atoms with Crippen molar-refractivity contribution in [3.05, 3.63) is 12.8 Å². The van der Waals surface area contributed by atoms with Gasteiger partial charge in [0, 0.05) is 19.0 Å². The Labute approximate surface area is 92.2 Å². The van der Waals surface area contributed by atoms with E-state index in [9.17, 15) is 0 Å². The predicted octanol–water partition coefficient (Wildman–Crippen LogP) is 0.690. The van der Waals surface area contributed by atoms with Crippen molar-refractivity contribution in [2.45, 2.75) is 37.0 Å². The lowest BCUT2D eigenvalue weighted by molar-refractivity contribution is -0.120. The Balaban J connectivity index is 2.21. The molecule has 3 nitrogen and oxygen atoms in total. The molecule has 0 spiro atoms. The van der Waals surface area contributed by atoms with Crippen LogP contribution in [0.25, 0.3) is 0 Å². The van der Waals surface area contributed by atoms with E-state index in [0.29, 0.717) is 12.5 Å². The predicted molar refractivity (Wildman–Crippen MR) is 60.4 cm³/mol. The van der Waals surface area contributed by atoms with Gasteiger partial charge in [-0.3, -0.25) is 0 Å². The van der Waals surface area contributed by atoms with Gasteiger partial charge in [-0.15, -0.1) is 0 Å². The summed E-state index contributed by atoms with van der Waals surface area (Å²) in [6, 6.07) is 0.271. The van der Waals surface area contributed by atoms with Crippen LogP contribution in [-0.4, -0.2) is 39.3 Å². The molecule has 1 saturated heterocycles. The monoisotopic (exact) mass is 210 g/mol. The highest BCUT2D eigenvalue weighted by molar-refractivity contribution is 6.11. The van der Waals surface area contributed by atoms with Gasteiger partial charge in [0.15, 0.2) is 0 Å². The van der Waals surface area contributed by atoms with Gasteiger partial charge in [0.1, 0.15) is 19.6 Å². The average molecular weight is 210 g/mol. The molecule has 2 rings (SSSR count). The molecule has 1 aliphatic heterocycles. The van der Waals surface area contributed by atoms with Crippen molar-refractivity contribution in [2.24, 2.45) is 5.92 Å². The summed E-state index contributed by atoms with van der Waals surface area (Å²) in [5.74, 6) is 0.492. The molecule has 0 amide bonds. The van der Waals surface area contributed by atoms with E-state index >= 15 is 0 Å². The summed E-state index contributed by atoms with van der Waals surface area (Å²) in [7, 11) is 3.85. The maximum Gasteiger partial charge on any atom is 0.139 e. The normalized spacial score (nSPS) is 43.9. The zero-order valence-corrected chi connectivity index (χ0v) is 9.57. The Hall–Kier alpha value is -0.475. The zero-order valence-electron chi connectivity index (χ0n) is 9.57. The van der Waals surface area contributed by atoms with Gasteiger partial charge in [-0.1, -0.05) is 6.58 Å². The molecule has 0 aromatic rings. The summed E-state index contributed by atoms with van der Waals surface area (Å²) in [6.07, 6.45) is 5.08. The molecule has 0 radical (unpaired) electrons. The molecule has 1 heterocycles. The van der Waals surface area contributed by atoms with Gasteiger partial charge in [-0.25, -0.2) is 0 Å². The second-order valence-electron chi connectivity index (χ2n) is 4.60. The van der Waals surface area contributed by atoms with E-state index in [4.69, 9.17) is 14.2 Å². The molecular weight excluding hydrogens is 191 g/mol. The smallest absolute Gasteiger partial charge is 0.139 e. The number of ether oxygens (including phenoxy) is 3. The van der Waals surface area contributed by atoms with E-state index in [1.807, 2.05) is 0 Å². The van der Waals surface area contributed by atoms with Crippen molar-refractivity contribution >= 4 is 7.85 Å². The molecule has 0 aromatic heterocycles. The molecule has 0 N–H and O–H groups in total. The van der Waals surface area contributed by atoms with Gasteiger partial charge in [0.05, 0.1) is 12.9 Å². The van der Waals surface area contributed by atoms with Gasteiger partial charge in [-0.2, -0.15) is 0 Å². The number of rotatable bonds is 4. The van der Waals surface area contributed by atoms with Crippen LogP contribution >= 0.6 is 0 Å². The van der Waals surface area contributed by atoms with Crippen molar-refractivity contribution in [3.63, 3.8) is 0 Å². The molecular formula is C11H19BO3. The highest BCUT2D eigenvalue weighted by Crippen LogP contribution is 2.46. The van der Waals surface area contributed by atoms with E-state index in [1.165, 1.54) is 19.1 Å². The first kappa shape index (κ1) is 11.0. The lowest BCUT2D eigenvalue weighted by Gasteiger charge is -2.37. The summed E-state index contributed by atoms with van der Waals surface area (Å²) in [5, 5.41) is 0.